The molecule has 0 heterocycles. The van der Waals surface area contributed by atoms with Crippen LogP contribution in [0, 0.1) is 6.92 Å². The SMILES string of the molecule is COc1ccc(NS(=O)(=O)c2cc(C(=O)NCC(=O)N(C)C)ccc2C)cc1. The Balaban J connectivity index is 2.22. The lowest BCUT2D eigenvalue weighted by Gasteiger charge is -2.13. The monoisotopic (exact) mass is 405 g/mol. The summed E-state index contributed by atoms with van der Waals surface area (Å²) in [6, 6.07) is 10.8. The number of carbonyl (C=O) groups is 2. The first-order chi connectivity index (χ1) is 13.1. The summed E-state index contributed by atoms with van der Waals surface area (Å²) in [4.78, 5) is 25.2. The molecule has 2 N–H and O–H groups in total. The van der Waals surface area contributed by atoms with Crippen LogP contribution >= 0.6 is 0 Å². The third kappa shape index (κ3) is 5.23. The lowest BCUT2D eigenvalue weighted by molar-refractivity contribution is -0.127. The summed E-state index contributed by atoms with van der Waals surface area (Å²) in [6.07, 6.45) is 0. The average molecular weight is 405 g/mol. The van der Waals surface area contributed by atoms with Crippen LogP contribution in [0.2, 0.25) is 0 Å². The molecule has 9 heteroatoms. The van der Waals surface area contributed by atoms with E-state index in [0.717, 1.165) is 0 Å². The number of anilines is 1. The fourth-order valence-corrected chi connectivity index (χ4v) is 3.65. The van der Waals surface area contributed by atoms with Gasteiger partial charge < -0.3 is 15.0 Å². The summed E-state index contributed by atoms with van der Waals surface area (Å²) >= 11 is 0. The zero-order valence-electron chi connectivity index (χ0n) is 16.1. The molecule has 0 spiro atoms. The summed E-state index contributed by atoms with van der Waals surface area (Å²) < 4.78 is 33.1. The zero-order valence-corrected chi connectivity index (χ0v) is 17.0. The first kappa shape index (κ1) is 21.2. The number of likely N-dealkylation sites (N-methyl/N-ethyl adjacent to an activating group) is 1. The third-order valence-electron chi connectivity index (χ3n) is 3.98. The maximum Gasteiger partial charge on any atom is 0.262 e. The van der Waals surface area contributed by atoms with Crippen LogP contribution in [-0.4, -0.2) is 52.9 Å². The van der Waals surface area contributed by atoms with E-state index < -0.39 is 15.9 Å². The van der Waals surface area contributed by atoms with Gasteiger partial charge in [-0.05, 0) is 48.9 Å². The second-order valence-corrected chi connectivity index (χ2v) is 7.94. The average Bonchev–Trinajstić information content (AvgIpc) is 2.66. The van der Waals surface area contributed by atoms with Crippen LogP contribution in [0.5, 0.6) is 5.75 Å². The molecule has 2 rings (SSSR count). The second kappa shape index (κ2) is 8.75. The molecule has 8 nitrogen and oxygen atoms in total. The standard InChI is InChI=1S/C19H23N3O5S/c1-13-5-6-14(19(24)20-12-18(23)22(2)3)11-17(13)28(25,26)21-15-7-9-16(27-4)10-8-15/h5-11,21H,12H2,1-4H3,(H,20,24). The van der Waals surface area contributed by atoms with Crippen molar-refractivity contribution in [3.05, 3.63) is 53.6 Å². The zero-order chi connectivity index (χ0) is 20.9. The molecule has 0 bridgehead atoms. The maximum absolute atomic E-state index is 12.8. The van der Waals surface area contributed by atoms with E-state index in [9.17, 15) is 18.0 Å². The number of sulfonamides is 1. The number of methoxy groups -OCH3 is 1. The topological polar surface area (TPSA) is 105 Å². The predicted molar refractivity (Wildman–Crippen MR) is 106 cm³/mol. The summed E-state index contributed by atoms with van der Waals surface area (Å²) in [6.45, 7) is 1.46. The van der Waals surface area contributed by atoms with E-state index in [2.05, 4.69) is 10.0 Å². The molecule has 0 aromatic heterocycles. The number of amides is 2. The Bertz CT molecular complexity index is 970. The fourth-order valence-electron chi connectivity index (χ4n) is 2.32. The Labute approximate surface area is 164 Å². The van der Waals surface area contributed by atoms with Gasteiger partial charge in [0, 0.05) is 25.3 Å². The lowest BCUT2D eigenvalue weighted by atomic mass is 10.1. The molecular weight excluding hydrogens is 382 g/mol. The molecule has 0 atom stereocenters. The number of nitrogens with one attached hydrogen (secondary N) is 2. The van der Waals surface area contributed by atoms with Crippen LogP contribution in [0.3, 0.4) is 0 Å². The minimum Gasteiger partial charge on any atom is -0.497 e. The van der Waals surface area contributed by atoms with E-state index in [1.165, 1.54) is 24.1 Å². The summed E-state index contributed by atoms with van der Waals surface area (Å²) in [7, 11) is 0.767. The van der Waals surface area contributed by atoms with Crippen molar-refractivity contribution in [1.29, 1.82) is 0 Å². The number of hydrogen-bond acceptors (Lipinski definition) is 5. The van der Waals surface area contributed by atoms with E-state index >= 15 is 0 Å². The number of carbonyl (C=O) groups excluding carboxylic acids is 2. The van der Waals surface area contributed by atoms with Gasteiger partial charge in [-0.15, -0.1) is 0 Å². The molecule has 0 aliphatic heterocycles. The third-order valence-corrected chi connectivity index (χ3v) is 5.50. The van der Waals surface area contributed by atoms with Gasteiger partial charge in [-0.1, -0.05) is 6.07 Å². The normalized spacial score (nSPS) is 10.9. The molecule has 0 unspecified atom stereocenters. The molecule has 2 aromatic carbocycles. The van der Waals surface area contributed by atoms with Gasteiger partial charge in [0.05, 0.1) is 18.6 Å². The predicted octanol–water partition coefficient (Wildman–Crippen LogP) is 1.62. The highest BCUT2D eigenvalue weighted by molar-refractivity contribution is 7.92. The van der Waals surface area contributed by atoms with Crippen LogP contribution < -0.4 is 14.8 Å². The van der Waals surface area contributed by atoms with Crippen LogP contribution in [0.15, 0.2) is 47.4 Å². The van der Waals surface area contributed by atoms with E-state index in [-0.39, 0.29) is 22.9 Å². The van der Waals surface area contributed by atoms with Crippen molar-refractivity contribution in [3.63, 3.8) is 0 Å². The van der Waals surface area contributed by atoms with Crippen LogP contribution in [0.4, 0.5) is 5.69 Å². The molecule has 0 radical (unpaired) electrons. The van der Waals surface area contributed by atoms with E-state index in [4.69, 9.17) is 4.74 Å². The van der Waals surface area contributed by atoms with Crippen molar-refractivity contribution >= 4 is 27.5 Å². The summed E-state index contributed by atoms with van der Waals surface area (Å²) in [5.41, 5.74) is 1.00. The fraction of sp³-hybridized carbons (Fsp3) is 0.263. The molecule has 28 heavy (non-hydrogen) atoms. The minimum absolute atomic E-state index is 0.0186. The highest BCUT2D eigenvalue weighted by Crippen LogP contribution is 2.22. The van der Waals surface area contributed by atoms with Gasteiger partial charge in [0.15, 0.2) is 0 Å². The quantitative estimate of drug-likeness (QED) is 0.728. The summed E-state index contributed by atoms with van der Waals surface area (Å²) in [5.74, 6) is -0.198. The van der Waals surface area contributed by atoms with Gasteiger partial charge in [0.25, 0.3) is 15.9 Å². The van der Waals surface area contributed by atoms with Crippen molar-refractivity contribution in [2.45, 2.75) is 11.8 Å². The largest absolute Gasteiger partial charge is 0.497 e. The van der Waals surface area contributed by atoms with E-state index in [0.29, 0.717) is 17.0 Å². The van der Waals surface area contributed by atoms with Crippen molar-refractivity contribution in [2.24, 2.45) is 0 Å². The Kier molecular flexibility index (Phi) is 6.63. The lowest BCUT2D eigenvalue weighted by Crippen LogP contribution is -2.36. The first-order valence-electron chi connectivity index (χ1n) is 8.40. The summed E-state index contributed by atoms with van der Waals surface area (Å²) in [5, 5.41) is 2.48. The smallest absolute Gasteiger partial charge is 0.262 e. The van der Waals surface area contributed by atoms with Gasteiger partial charge in [-0.3, -0.25) is 14.3 Å². The van der Waals surface area contributed by atoms with Crippen LogP contribution in [0.1, 0.15) is 15.9 Å². The number of nitrogens with zero attached hydrogens (tertiary/aromatic N) is 1. The highest BCUT2D eigenvalue weighted by Gasteiger charge is 2.20. The van der Waals surface area contributed by atoms with Gasteiger partial charge in [-0.25, -0.2) is 8.42 Å². The number of benzene rings is 2. The molecule has 150 valence electrons. The number of hydrogen-bond donors (Lipinski definition) is 2. The van der Waals surface area contributed by atoms with E-state index in [1.807, 2.05) is 0 Å². The van der Waals surface area contributed by atoms with E-state index in [1.54, 1.807) is 51.4 Å². The van der Waals surface area contributed by atoms with Crippen molar-refractivity contribution in [1.82, 2.24) is 10.2 Å². The molecule has 0 fully saturated rings. The number of aryl methyl sites for hydroxylation is 1. The highest BCUT2D eigenvalue weighted by atomic mass is 32.2. The van der Waals surface area contributed by atoms with Gasteiger partial charge in [-0.2, -0.15) is 0 Å². The first-order valence-corrected chi connectivity index (χ1v) is 9.88. The van der Waals surface area contributed by atoms with Crippen molar-refractivity contribution in [3.8, 4) is 5.75 Å². The molecule has 0 aliphatic rings. The molecule has 0 saturated heterocycles. The number of ether oxygens (including phenoxy) is 1. The van der Waals surface area contributed by atoms with Gasteiger partial charge in [0.1, 0.15) is 5.75 Å². The van der Waals surface area contributed by atoms with Crippen molar-refractivity contribution < 1.29 is 22.7 Å². The molecule has 2 amide bonds. The Morgan fingerprint density at radius 2 is 1.71 bits per heavy atom. The van der Waals surface area contributed by atoms with Crippen LogP contribution in [0.25, 0.3) is 0 Å². The number of rotatable bonds is 7. The molecule has 0 aliphatic carbocycles. The van der Waals surface area contributed by atoms with Gasteiger partial charge in [0.2, 0.25) is 5.91 Å². The van der Waals surface area contributed by atoms with Crippen molar-refractivity contribution in [2.75, 3.05) is 32.5 Å². The molecule has 0 saturated carbocycles. The Morgan fingerprint density at radius 3 is 2.29 bits per heavy atom. The molecular formula is C19H23N3O5S. The minimum atomic E-state index is -3.91. The Morgan fingerprint density at radius 1 is 1.07 bits per heavy atom. The maximum atomic E-state index is 12.8. The Hall–Kier alpha value is -3.07. The van der Waals surface area contributed by atoms with Crippen LogP contribution in [-0.2, 0) is 14.8 Å². The molecule has 2 aromatic rings. The second-order valence-electron chi connectivity index (χ2n) is 6.29. The van der Waals surface area contributed by atoms with Gasteiger partial charge >= 0.3 is 0 Å².